The second-order valence-electron chi connectivity index (χ2n) is 7.96. The predicted molar refractivity (Wildman–Crippen MR) is 117 cm³/mol. The Hall–Kier alpha value is -1.16. The number of nitrogens with one attached hydrogen (secondary N) is 1. The molecule has 1 amide bonds. The molecule has 1 heterocycles. The summed E-state index contributed by atoms with van der Waals surface area (Å²) in [4.78, 5) is 16.0. The Morgan fingerprint density at radius 2 is 1.70 bits per heavy atom. The molecule has 0 radical (unpaired) electrons. The number of hydrogen-bond acceptors (Lipinski definition) is 2. The van der Waals surface area contributed by atoms with Gasteiger partial charge in [0.05, 0.1) is 19.6 Å². The summed E-state index contributed by atoms with van der Waals surface area (Å²) < 4.78 is 0.991. The van der Waals surface area contributed by atoms with Gasteiger partial charge in [0.25, 0.3) is 0 Å². The highest BCUT2D eigenvalue weighted by Crippen LogP contribution is 2.20. The van der Waals surface area contributed by atoms with Crippen molar-refractivity contribution in [1.29, 1.82) is 0 Å². The molecule has 0 saturated carbocycles. The molecule has 0 aromatic rings. The minimum atomic E-state index is 0.0680. The van der Waals surface area contributed by atoms with Crippen molar-refractivity contribution in [3.8, 4) is 0 Å². The first kappa shape index (κ1) is 23.9. The van der Waals surface area contributed by atoms with Gasteiger partial charge >= 0.3 is 0 Å². The molecule has 0 spiro atoms. The number of amidine groups is 1. The standard InChI is InChI=1S/C23H43N3O/c1-4-6-7-8-9-10-11-12-13-14-15-16-17-23-25-19-21-26(23,5-2)20-18-24-22(3)27/h8-9H,4-7,10-21H2,1-3H3/p+1/b9-8+. The van der Waals surface area contributed by atoms with Crippen LogP contribution in [0.3, 0.4) is 0 Å². The first-order valence-electron chi connectivity index (χ1n) is 11.4. The number of carbonyl (C=O) groups excluding carboxylic acids is 1. The van der Waals surface area contributed by atoms with Gasteiger partial charge in [0.2, 0.25) is 5.91 Å². The quantitative estimate of drug-likeness (QED) is 0.223. The number of aliphatic imine (C=N–C) groups is 1. The maximum atomic E-state index is 11.1. The summed E-state index contributed by atoms with van der Waals surface area (Å²) >= 11 is 0. The summed E-state index contributed by atoms with van der Waals surface area (Å²) in [6.45, 7) is 11.0. The topological polar surface area (TPSA) is 41.5 Å². The second-order valence-corrected chi connectivity index (χ2v) is 7.96. The van der Waals surface area contributed by atoms with Crippen LogP contribution in [0.2, 0.25) is 0 Å². The average molecular weight is 379 g/mol. The van der Waals surface area contributed by atoms with Crippen molar-refractivity contribution in [1.82, 2.24) is 5.32 Å². The van der Waals surface area contributed by atoms with Gasteiger partial charge in [0.15, 0.2) is 5.84 Å². The third-order valence-electron chi connectivity index (χ3n) is 5.80. The lowest BCUT2D eigenvalue weighted by Crippen LogP contribution is -2.54. The van der Waals surface area contributed by atoms with E-state index >= 15 is 0 Å². The molecule has 0 saturated heterocycles. The van der Waals surface area contributed by atoms with E-state index in [2.05, 4.69) is 31.3 Å². The molecule has 4 nitrogen and oxygen atoms in total. The maximum absolute atomic E-state index is 11.1. The number of likely N-dealkylation sites (N-methyl/N-ethyl adjacent to an activating group) is 1. The smallest absolute Gasteiger partial charge is 0.217 e. The number of nitrogens with zero attached hydrogens (tertiary/aromatic N) is 2. The van der Waals surface area contributed by atoms with Crippen molar-refractivity contribution in [2.45, 2.75) is 91.4 Å². The van der Waals surface area contributed by atoms with Crippen molar-refractivity contribution in [2.75, 3.05) is 32.7 Å². The van der Waals surface area contributed by atoms with Gasteiger partial charge in [0, 0.05) is 13.3 Å². The number of allylic oxidation sites excluding steroid dienone is 2. The molecule has 4 heteroatoms. The molecule has 1 atom stereocenters. The van der Waals surface area contributed by atoms with E-state index in [1.807, 2.05) is 0 Å². The summed E-state index contributed by atoms with van der Waals surface area (Å²) in [5.74, 6) is 1.44. The van der Waals surface area contributed by atoms with Gasteiger partial charge in [0.1, 0.15) is 13.1 Å². The minimum absolute atomic E-state index is 0.0680. The molecule has 1 aliphatic rings. The zero-order valence-corrected chi connectivity index (χ0v) is 18.3. The number of hydrogen-bond donors (Lipinski definition) is 1. The summed E-state index contributed by atoms with van der Waals surface area (Å²) in [5.41, 5.74) is 0. The Labute approximate surface area is 168 Å². The van der Waals surface area contributed by atoms with Gasteiger partial charge in [-0.2, -0.15) is 0 Å². The van der Waals surface area contributed by atoms with E-state index in [0.29, 0.717) is 0 Å². The monoisotopic (exact) mass is 378 g/mol. The lowest BCUT2D eigenvalue weighted by atomic mass is 10.1. The van der Waals surface area contributed by atoms with E-state index in [1.165, 1.54) is 70.0 Å². The fourth-order valence-electron chi connectivity index (χ4n) is 3.96. The first-order chi connectivity index (χ1) is 13.1. The van der Waals surface area contributed by atoms with Crippen LogP contribution in [0.5, 0.6) is 0 Å². The molecule has 0 aromatic heterocycles. The van der Waals surface area contributed by atoms with Crippen LogP contribution < -0.4 is 5.32 Å². The summed E-state index contributed by atoms with van der Waals surface area (Å²) in [5, 5.41) is 2.95. The zero-order chi connectivity index (χ0) is 19.8. The fourth-order valence-corrected chi connectivity index (χ4v) is 3.96. The third-order valence-corrected chi connectivity index (χ3v) is 5.80. The molecule has 0 fully saturated rings. The van der Waals surface area contributed by atoms with Crippen LogP contribution >= 0.6 is 0 Å². The van der Waals surface area contributed by atoms with Gasteiger partial charge in [-0.15, -0.1) is 0 Å². The fraction of sp³-hybridized carbons (Fsp3) is 0.826. The normalized spacial score (nSPS) is 19.6. The molecular formula is C23H44N3O+. The van der Waals surface area contributed by atoms with E-state index in [0.717, 1.165) is 43.6 Å². The Morgan fingerprint density at radius 3 is 2.37 bits per heavy atom. The number of rotatable bonds is 16. The molecular weight excluding hydrogens is 334 g/mol. The summed E-state index contributed by atoms with van der Waals surface area (Å²) in [7, 11) is 0. The van der Waals surface area contributed by atoms with Crippen LogP contribution in [0.15, 0.2) is 17.1 Å². The Bertz CT molecular complexity index is 459. The third kappa shape index (κ3) is 10.1. The average Bonchev–Trinajstić information content (AvgIpc) is 3.05. The van der Waals surface area contributed by atoms with Crippen LogP contribution in [-0.2, 0) is 4.79 Å². The Balaban J connectivity index is 2.10. The van der Waals surface area contributed by atoms with Gasteiger partial charge in [-0.05, 0) is 32.6 Å². The lowest BCUT2D eigenvalue weighted by molar-refractivity contribution is -0.833. The van der Waals surface area contributed by atoms with E-state index in [1.54, 1.807) is 6.92 Å². The molecule has 0 aromatic carbocycles. The van der Waals surface area contributed by atoms with Crippen LogP contribution in [0.4, 0.5) is 0 Å². The Kier molecular flexibility index (Phi) is 13.1. The van der Waals surface area contributed by atoms with Crippen molar-refractivity contribution in [3.05, 3.63) is 12.2 Å². The number of quaternary nitrogens is 1. The number of amides is 1. The minimum Gasteiger partial charge on any atom is -0.351 e. The first-order valence-corrected chi connectivity index (χ1v) is 11.4. The molecule has 1 unspecified atom stereocenters. The van der Waals surface area contributed by atoms with Gasteiger partial charge in [-0.1, -0.05) is 57.6 Å². The number of carbonyl (C=O) groups is 1. The molecule has 1 rings (SSSR count). The molecule has 1 N–H and O–H groups in total. The van der Waals surface area contributed by atoms with Crippen LogP contribution in [-0.4, -0.2) is 48.9 Å². The summed E-state index contributed by atoms with van der Waals surface area (Å²) in [6, 6.07) is 0. The van der Waals surface area contributed by atoms with Gasteiger partial charge in [-0.3, -0.25) is 9.28 Å². The lowest BCUT2D eigenvalue weighted by Gasteiger charge is -2.33. The van der Waals surface area contributed by atoms with Gasteiger partial charge < -0.3 is 5.32 Å². The van der Waals surface area contributed by atoms with Crippen LogP contribution in [0, 0.1) is 0 Å². The van der Waals surface area contributed by atoms with E-state index in [9.17, 15) is 4.79 Å². The Morgan fingerprint density at radius 1 is 1.04 bits per heavy atom. The van der Waals surface area contributed by atoms with E-state index in [4.69, 9.17) is 4.99 Å². The molecule has 0 bridgehead atoms. The van der Waals surface area contributed by atoms with E-state index in [-0.39, 0.29) is 5.91 Å². The van der Waals surface area contributed by atoms with Crippen molar-refractivity contribution in [2.24, 2.45) is 4.99 Å². The number of unbranched alkanes of at least 4 members (excludes halogenated alkanes) is 8. The molecule has 0 aliphatic carbocycles. The summed E-state index contributed by atoms with van der Waals surface area (Å²) in [6.07, 6.45) is 19.0. The molecule has 156 valence electrons. The van der Waals surface area contributed by atoms with Crippen molar-refractivity contribution in [3.63, 3.8) is 0 Å². The maximum Gasteiger partial charge on any atom is 0.217 e. The van der Waals surface area contributed by atoms with Crippen molar-refractivity contribution < 1.29 is 9.28 Å². The van der Waals surface area contributed by atoms with Crippen LogP contribution in [0.1, 0.15) is 91.4 Å². The highest BCUT2D eigenvalue weighted by atomic mass is 16.1. The van der Waals surface area contributed by atoms with Crippen molar-refractivity contribution >= 4 is 11.7 Å². The van der Waals surface area contributed by atoms with Gasteiger partial charge in [-0.25, -0.2) is 4.99 Å². The molecule has 27 heavy (non-hydrogen) atoms. The highest BCUT2D eigenvalue weighted by Gasteiger charge is 2.35. The highest BCUT2D eigenvalue weighted by molar-refractivity contribution is 5.77. The SMILES string of the molecule is CCCC/C=C/CCCCCCCCC1=NCC[N+]1(CC)CCNC(C)=O. The largest absolute Gasteiger partial charge is 0.351 e. The molecule has 1 aliphatic heterocycles. The zero-order valence-electron chi connectivity index (χ0n) is 18.3. The van der Waals surface area contributed by atoms with Crippen LogP contribution in [0.25, 0.3) is 0 Å². The second kappa shape index (κ2) is 14.8. The predicted octanol–water partition coefficient (Wildman–Crippen LogP) is 5.24. The van der Waals surface area contributed by atoms with E-state index < -0.39 is 0 Å².